The van der Waals surface area contributed by atoms with Gasteiger partial charge in [0.05, 0.1) is 17.9 Å². The number of hydrogen-bond donors (Lipinski definition) is 1. The molecule has 1 N–H and O–H groups in total. The molecule has 12 heavy (non-hydrogen) atoms. The quantitative estimate of drug-likeness (QED) is 0.640. The molecule has 0 fully saturated rings. The van der Waals surface area contributed by atoms with Crippen LogP contribution in [-0.4, -0.2) is 32.1 Å². The van der Waals surface area contributed by atoms with Gasteiger partial charge in [-0.2, -0.15) is 0 Å². The molecule has 3 heteroatoms. The minimum atomic E-state index is -0.287. The van der Waals surface area contributed by atoms with Crippen molar-refractivity contribution in [1.82, 2.24) is 5.32 Å². The fraction of sp³-hybridized carbons (Fsp3) is 1.00. The van der Waals surface area contributed by atoms with Crippen molar-refractivity contribution in [2.24, 2.45) is 0 Å². The van der Waals surface area contributed by atoms with Gasteiger partial charge in [-0.15, -0.1) is 0 Å². The van der Waals surface area contributed by atoms with Gasteiger partial charge in [-0.1, -0.05) is 0 Å². The first-order valence-electron chi connectivity index (χ1n) is 4.21. The van der Waals surface area contributed by atoms with Gasteiger partial charge in [0.1, 0.15) is 0 Å². The Balaban J connectivity index is 4.17. The van der Waals surface area contributed by atoms with E-state index >= 15 is 0 Å². The van der Waals surface area contributed by atoms with E-state index in [2.05, 4.69) is 5.32 Å². The van der Waals surface area contributed by atoms with Crippen LogP contribution in [0, 0.1) is 0 Å². The molecule has 0 atom stereocenters. The molecule has 0 saturated carbocycles. The molecule has 0 aliphatic carbocycles. The third-order valence-electron chi connectivity index (χ3n) is 2.54. The Morgan fingerprint density at radius 3 is 1.92 bits per heavy atom. The minimum Gasteiger partial charge on any atom is -0.376 e. The second kappa shape index (κ2) is 4.21. The molecule has 0 aromatic rings. The van der Waals surface area contributed by atoms with Crippen LogP contribution in [-0.2, 0) is 9.47 Å². The lowest BCUT2D eigenvalue weighted by Gasteiger charge is -2.39. The average molecular weight is 175 g/mol. The highest BCUT2D eigenvalue weighted by molar-refractivity contribution is 4.88. The fourth-order valence-corrected chi connectivity index (χ4v) is 0.672. The molecule has 0 aromatic carbocycles. The summed E-state index contributed by atoms with van der Waals surface area (Å²) >= 11 is 0. The van der Waals surface area contributed by atoms with Gasteiger partial charge >= 0.3 is 0 Å². The van der Waals surface area contributed by atoms with Crippen molar-refractivity contribution < 1.29 is 9.47 Å². The summed E-state index contributed by atoms with van der Waals surface area (Å²) in [4.78, 5) is 0. The zero-order valence-electron chi connectivity index (χ0n) is 9.02. The zero-order chi connectivity index (χ0) is 9.83. The molecule has 0 unspecified atom stereocenters. The van der Waals surface area contributed by atoms with Gasteiger partial charge < -0.3 is 9.47 Å². The molecule has 0 aliphatic heterocycles. The summed E-state index contributed by atoms with van der Waals surface area (Å²) in [6.07, 6.45) is 0. The average Bonchev–Trinajstić information content (AvgIpc) is 2.00. The van der Waals surface area contributed by atoms with Crippen LogP contribution in [0.1, 0.15) is 27.7 Å². The van der Waals surface area contributed by atoms with Crippen molar-refractivity contribution in [2.45, 2.75) is 38.9 Å². The van der Waals surface area contributed by atoms with Crippen LogP contribution in [0.2, 0.25) is 0 Å². The van der Waals surface area contributed by atoms with Gasteiger partial charge in [0.2, 0.25) is 0 Å². The maximum atomic E-state index is 5.60. The summed E-state index contributed by atoms with van der Waals surface area (Å²) < 4.78 is 10.9. The number of rotatable bonds is 5. The van der Waals surface area contributed by atoms with E-state index in [0.717, 1.165) is 0 Å². The molecule has 74 valence electrons. The molecule has 0 heterocycles. The van der Waals surface area contributed by atoms with E-state index in [4.69, 9.17) is 9.47 Å². The van der Waals surface area contributed by atoms with Gasteiger partial charge in [-0.25, -0.2) is 0 Å². The number of hydrogen-bond acceptors (Lipinski definition) is 3. The van der Waals surface area contributed by atoms with Crippen molar-refractivity contribution >= 4 is 0 Å². The van der Waals surface area contributed by atoms with E-state index < -0.39 is 0 Å². The van der Waals surface area contributed by atoms with Crippen molar-refractivity contribution in [3.63, 3.8) is 0 Å². The second-order valence-corrected chi connectivity index (χ2v) is 3.87. The smallest absolute Gasteiger partial charge is 0.0971 e. The molecule has 3 nitrogen and oxygen atoms in total. The Labute approximate surface area is 75.4 Å². The minimum absolute atomic E-state index is 0.274. The van der Waals surface area contributed by atoms with Crippen molar-refractivity contribution in [3.8, 4) is 0 Å². The maximum absolute atomic E-state index is 5.60. The Morgan fingerprint density at radius 1 is 1.08 bits per heavy atom. The van der Waals surface area contributed by atoms with Gasteiger partial charge in [0, 0.05) is 7.11 Å². The van der Waals surface area contributed by atoms with Gasteiger partial charge in [-0.05, 0) is 34.7 Å². The molecule has 0 bridgehead atoms. The topological polar surface area (TPSA) is 30.5 Å². The molecule has 0 spiro atoms. The van der Waals surface area contributed by atoms with Crippen LogP contribution < -0.4 is 5.32 Å². The van der Waals surface area contributed by atoms with Crippen molar-refractivity contribution in [1.29, 1.82) is 0 Å². The summed E-state index contributed by atoms with van der Waals surface area (Å²) in [5, 5.41) is 2.94. The number of ether oxygens (including phenoxy) is 2. The third-order valence-corrected chi connectivity index (χ3v) is 2.54. The van der Waals surface area contributed by atoms with E-state index in [-0.39, 0.29) is 11.2 Å². The summed E-state index contributed by atoms with van der Waals surface area (Å²) in [7, 11) is 3.56. The van der Waals surface area contributed by atoms with Crippen LogP contribution >= 0.6 is 0 Å². The third kappa shape index (κ3) is 2.73. The van der Waals surface area contributed by atoms with Crippen LogP contribution in [0.3, 0.4) is 0 Å². The first-order valence-corrected chi connectivity index (χ1v) is 4.21. The Bertz CT molecular complexity index is 132. The predicted octanol–water partition coefficient (Wildman–Crippen LogP) is 1.38. The maximum Gasteiger partial charge on any atom is 0.0971 e. The Kier molecular flexibility index (Phi) is 4.17. The summed E-state index contributed by atoms with van der Waals surface area (Å²) in [5.74, 6) is 0. The monoisotopic (exact) mass is 175 g/mol. The molecule has 0 aliphatic rings. The SMILES string of the molecule is CNCOC(C)(C)C(C)(C)OC. The molecule has 0 aromatic heterocycles. The van der Waals surface area contributed by atoms with E-state index in [9.17, 15) is 0 Å². The lowest BCUT2D eigenvalue weighted by molar-refractivity contribution is -0.165. The molecular weight excluding hydrogens is 154 g/mol. The van der Waals surface area contributed by atoms with Gasteiger partial charge in [0.25, 0.3) is 0 Å². The van der Waals surface area contributed by atoms with Crippen LogP contribution in [0.5, 0.6) is 0 Å². The summed E-state index contributed by atoms with van der Waals surface area (Å²) in [6.45, 7) is 8.62. The lowest BCUT2D eigenvalue weighted by Crippen LogP contribution is -2.49. The Hall–Kier alpha value is -0.120. The predicted molar refractivity (Wildman–Crippen MR) is 50.2 cm³/mol. The highest BCUT2D eigenvalue weighted by atomic mass is 16.6. The van der Waals surface area contributed by atoms with Crippen molar-refractivity contribution in [3.05, 3.63) is 0 Å². The van der Waals surface area contributed by atoms with E-state index in [1.165, 1.54) is 0 Å². The van der Waals surface area contributed by atoms with E-state index in [0.29, 0.717) is 6.73 Å². The lowest BCUT2D eigenvalue weighted by atomic mass is 9.89. The van der Waals surface area contributed by atoms with Crippen LogP contribution in [0.4, 0.5) is 0 Å². The van der Waals surface area contributed by atoms with Crippen LogP contribution in [0.25, 0.3) is 0 Å². The number of nitrogens with one attached hydrogen (secondary N) is 1. The largest absolute Gasteiger partial charge is 0.376 e. The highest BCUT2D eigenvalue weighted by Gasteiger charge is 2.37. The molecule has 0 rings (SSSR count). The van der Waals surface area contributed by atoms with E-state index in [1.54, 1.807) is 7.11 Å². The Morgan fingerprint density at radius 2 is 1.58 bits per heavy atom. The second-order valence-electron chi connectivity index (χ2n) is 3.87. The highest BCUT2D eigenvalue weighted by Crippen LogP contribution is 2.27. The fourth-order valence-electron chi connectivity index (χ4n) is 0.672. The van der Waals surface area contributed by atoms with Gasteiger partial charge in [-0.3, -0.25) is 5.32 Å². The van der Waals surface area contributed by atoms with Crippen LogP contribution in [0.15, 0.2) is 0 Å². The van der Waals surface area contributed by atoms with E-state index in [1.807, 2.05) is 34.7 Å². The molecule has 0 amide bonds. The normalized spacial score (nSPS) is 13.5. The molecule has 0 saturated heterocycles. The first kappa shape index (κ1) is 11.9. The molecular formula is C9H21NO2. The molecule has 0 radical (unpaired) electrons. The standard InChI is InChI=1S/C9H21NO2/c1-8(2,11-6)9(3,4)12-7-10-5/h10H,7H2,1-6H3. The van der Waals surface area contributed by atoms with Crippen molar-refractivity contribution in [2.75, 3.05) is 20.9 Å². The summed E-state index contributed by atoms with van der Waals surface area (Å²) in [5.41, 5.74) is -0.561. The number of methoxy groups -OCH3 is 1. The zero-order valence-corrected chi connectivity index (χ0v) is 9.02. The summed E-state index contributed by atoms with van der Waals surface area (Å²) in [6, 6.07) is 0. The first-order chi connectivity index (χ1) is 5.37. The van der Waals surface area contributed by atoms with Gasteiger partial charge in [0.15, 0.2) is 0 Å².